The average molecular weight is 274 g/mol. The van der Waals surface area contributed by atoms with Gasteiger partial charge < -0.3 is 15.7 Å². The summed E-state index contributed by atoms with van der Waals surface area (Å²) in [5, 5.41) is 16.0. The van der Waals surface area contributed by atoms with Crippen LogP contribution in [-0.4, -0.2) is 20.8 Å². The zero-order valence-electron chi connectivity index (χ0n) is 11.6. The molecule has 0 atom stereocenters. The number of hydrogen-bond donors (Lipinski definition) is 2. The van der Waals surface area contributed by atoms with E-state index in [1.54, 1.807) is 18.2 Å². The second kappa shape index (κ2) is 6.10. The lowest BCUT2D eigenvalue weighted by molar-refractivity contribution is 0.294. The summed E-state index contributed by atoms with van der Waals surface area (Å²) < 4.78 is 7.52. The van der Waals surface area contributed by atoms with Crippen LogP contribution in [0.1, 0.15) is 23.9 Å². The minimum atomic E-state index is 0.0595. The third-order valence-corrected chi connectivity index (χ3v) is 3.01. The van der Waals surface area contributed by atoms with Crippen molar-refractivity contribution in [2.24, 2.45) is 17.9 Å². The summed E-state index contributed by atoms with van der Waals surface area (Å²) in [7, 11) is 1.89. The molecule has 0 bridgehead atoms. The molecule has 0 radical (unpaired) electrons. The maximum Gasteiger partial charge on any atom is 0.170 e. The first-order chi connectivity index (χ1) is 9.63. The number of aromatic nitrogens is 2. The molecule has 0 saturated heterocycles. The fourth-order valence-electron chi connectivity index (χ4n) is 1.84. The van der Waals surface area contributed by atoms with Crippen molar-refractivity contribution in [2.45, 2.75) is 20.0 Å². The number of amidine groups is 1. The lowest BCUT2D eigenvalue weighted by Gasteiger charge is -2.07. The molecule has 106 valence electrons. The Labute approximate surface area is 117 Å². The summed E-state index contributed by atoms with van der Waals surface area (Å²) in [5.41, 5.74) is 8.20. The van der Waals surface area contributed by atoms with Gasteiger partial charge in [0.15, 0.2) is 5.84 Å². The number of nitrogens with zero attached hydrogens (tertiary/aromatic N) is 3. The predicted octanol–water partition coefficient (Wildman–Crippen LogP) is 1.66. The van der Waals surface area contributed by atoms with E-state index in [2.05, 4.69) is 17.2 Å². The first kappa shape index (κ1) is 13.9. The van der Waals surface area contributed by atoms with E-state index in [0.717, 1.165) is 17.8 Å². The van der Waals surface area contributed by atoms with Crippen molar-refractivity contribution >= 4 is 5.84 Å². The van der Waals surface area contributed by atoms with E-state index in [4.69, 9.17) is 15.7 Å². The second-order valence-corrected chi connectivity index (χ2v) is 4.41. The van der Waals surface area contributed by atoms with Gasteiger partial charge in [-0.1, -0.05) is 24.2 Å². The summed E-state index contributed by atoms with van der Waals surface area (Å²) in [6.45, 7) is 2.48. The number of nitrogens with two attached hydrogens (primary N) is 1. The van der Waals surface area contributed by atoms with Crippen LogP contribution in [0.25, 0.3) is 0 Å². The fourth-order valence-corrected chi connectivity index (χ4v) is 1.84. The Morgan fingerprint density at radius 1 is 1.45 bits per heavy atom. The van der Waals surface area contributed by atoms with Crippen LogP contribution < -0.4 is 10.5 Å². The topological polar surface area (TPSA) is 85.7 Å². The normalized spacial score (nSPS) is 11.6. The molecule has 1 heterocycles. The lowest BCUT2D eigenvalue weighted by atomic mass is 10.2. The number of ether oxygens (including phenoxy) is 1. The van der Waals surface area contributed by atoms with Crippen molar-refractivity contribution in [3.63, 3.8) is 0 Å². The summed E-state index contributed by atoms with van der Waals surface area (Å²) in [6, 6.07) is 9.12. The van der Waals surface area contributed by atoms with E-state index in [0.29, 0.717) is 17.9 Å². The number of oxime groups is 1. The standard InChI is InChI=1S/C14H18N4O2/c1-3-11-8-12(18(2)16-11)9-20-13-6-4-5-10(7-13)14(15)17-19/h4-8,19H,3,9H2,1-2H3,(H2,15,17). The highest BCUT2D eigenvalue weighted by molar-refractivity contribution is 5.97. The van der Waals surface area contributed by atoms with Crippen molar-refractivity contribution in [3.05, 3.63) is 47.3 Å². The van der Waals surface area contributed by atoms with Gasteiger partial charge in [-0.15, -0.1) is 0 Å². The average Bonchev–Trinajstić information content (AvgIpc) is 2.85. The Morgan fingerprint density at radius 2 is 2.25 bits per heavy atom. The van der Waals surface area contributed by atoms with Gasteiger partial charge in [0, 0.05) is 12.6 Å². The van der Waals surface area contributed by atoms with Crippen LogP contribution in [0, 0.1) is 0 Å². The van der Waals surface area contributed by atoms with Gasteiger partial charge in [-0.05, 0) is 24.6 Å². The molecule has 0 aliphatic rings. The number of benzene rings is 1. The first-order valence-electron chi connectivity index (χ1n) is 6.36. The molecule has 0 fully saturated rings. The van der Waals surface area contributed by atoms with E-state index in [1.807, 2.05) is 23.9 Å². The Kier molecular flexibility index (Phi) is 4.24. The molecule has 20 heavy (non-hydrogen) atoms. The molecule has 0 unspecified atom stereocenters. The third kappa shape index (κ3) is 3.09. The van der Waals surface area contributed by atoms with Crippen LogP contribution in [0.3, 0.4) is 0 Å². The molecule has 0 spiro atoms. The highest BCUT2D eigenvalue weighted by Crippen LogP contribution is 2.15. The van der Waals surface area contributed by atoms with E-state index >= 15 is 0 Å². The molecule has 1 aromatic heterocycles. The van der Waals surface area contributed by atoms with Crippen molar-refractivity contribution in [3.8, 4) is 5.75 Å². The maximum atomic E-state index is 8.66. The van der Waals surface area contributed by atoms with Crippen LogP contribution in [-0.2, 0) is 20.1 Å². The highest BCUT2D eigenvalue weighted by Gasteiger charge is 2.06. The molecule has 0 amide bonds. The minimum absolute atomic E-state index is 0.0595. The number of hydrogen-bond acceptors (Lipinski definition) is 4. The van der Waals surface area contributed by atoms with Gasteiger partial charge >= 0.3 is 0 Å². The first-order valence-corrected chi connectivity index (χ1v) is 6.36. The van der Waals surface area contributed by atoms with Crippen LogP contribution >= 0.6 is 0 Å². The van der Waals surface area contributed by atoms with E-state index < -0.39 is 0 Å². The number of aryl methyl sites for hydroxylation is 2. The molecule has 0 saturated carbocycles. The third-order valence-electron chi connectivity index (χ3n) is 3.01. The molecule has 0 aliphatic carbocycles. The van der Waals surface area contributed by atoms with Crippen LogP contribution in [0.15, 0.2) is 35.5 Å². The van der Waals surface area contributed by atoms with Gasteiger partial charge in [0.05, 0.1) is 11.4 Å². The van der Waals surface area contributed by atoms with Crippen LogP contribution in [0.5, 0.6) is 5.75 Å². The summed E-state index contributed by atoms with van der Waals surface area (Å²) >= 11 is 0. The van der Waals surface area contributed by atoms with Gasteiger partial charge in [0.1, 0.15) is 12.4 Å². The SMILES string of the molecule is CCc1cc(COc2cccc(C(N)=NO)c2)n(C)n1. The molecule has 0 aliphatic heterocycles. The van der Waals surface area contributed by atoms with Crippen LogP contribution in [0.4, 0.5) is 0 Å². The summed E-state index contributed by atoms with van der Waals surface area (Å²) in [5.74, 6) is 0.720. The Bertz CT molecular complexity index is 619. The monoisotopic (exact) mass is 274 g/mol. The van der Waals surface area contributed by atoms with E-state index in [-0.39, 0.29) is 5.84 Å². The van der Waals surface area contributed by atoms with Crippen molar-refractivity contribution in [2.75, 3.05) is 0 Å². The predicted molar refractivity (Wildman–Crippen MR) is 75.9 cm³/mol. The molecule has 3 N–H and O–H groups in total. The molecule has 6 heteroatoms. The lowest BCUT2D eigenvalue weighted by Crippen LogP contribution is -2.13. The zero-order valence-corrected chi connectivity index (χ0v) is 11.6. The second-order valence-electron chi connectivity index (χ2n) is 4.41. The Morgan fingerprint density at radius 3 is 2.90 bits per heavy atom. The molecular weight excluding hydrogens is 256 g/mol. The minimum Gasteiger partial charge on any atom is -0.487 e. The summed E-state index contributed by atoms with van der Waals surface area (Å²) in [6.07, 6.45) is 0.896. The van der Waals surface area contributed by atoms with E-state index in [9.17, 15) is 0 Å². The van der Waals surface area contributed by atoms with Crippen molar-refractivity contribution < 1.29 is 9.94 Å². The van der Waals surface area contributed by atoms with Crippen molar-refractivity contribution in [1.82, 2.24) is 9.78 Å². The molecule has 1 aromatic carbocycles. The molecule has 6 nitrogen and oxygen atoms in total. The fraction of sp³-hybridized carbons (Fsp3) is 0.286. The molecule has 2 rings (SSSR count). The Balaban J connectivity index is 2.09. The maximum absolute atomic E-state index is 8.66. The molecular formula is C14H18N4O2. The number of rotatable bonds is 5. The van der Waals surface area contributed by atoms with Crippen LogP contribution in [0.2, 0.25) is 0 Å². The Hall–Kier alpha value is -2.50. The smallest absolute Gasteiger partial charge is 0.170 e. The van der Waals surface area contributed by atoms with Gasteiger partial charge in [-0.25, -0.2) is 0 Å². The van der Waals surface area contributed by atoms with E-state index in [1.165, 1.54) is 0 Å². The zero-order chi connectivity index (χ0) is 14.5. The quantitative estimate of drug-likeness (QED) is 0.376. The molecule has 2 aromatic rings. The largest absolute Gasteiger partial charge is 0.487 e. The van der Waals surface area contributed by atoms with Gasteiger partial charge in [0.25, 0.3) is 0 Å². The highest BCUT2D eigenvalue weighted by atomic mass is 16.5. The van der Waals surface area contributed by atoms with Gasteiger partial charge in [-0.2, -0.15) is 5.10 Å². The van der Waals surface area contributed by atoms with Gasteiger partial charge in [-0.3, -0.25) is 4.68 Å². The van der Waals surface area contributed by atoms with Crippen molar-refractivity contribution in [1.29, 1.82) is 0 Å². The summed E-state index contributed by atoms with van der Waals surface area (Å²) in [4.78, 5) is 0. The van der Waals surface area contributed by atoms with Gasteiger partial charge in [0.2, 0.25) is 0 Å².